The maximum absolute atomic E-state index is 3.36. The molecule has 0 aromatic heterocycles. The Morgan fingerprint density at radius 3 is 1.14 bits per heavy atom. The molecular weight excluding hydrogens is 168 g/mol. The summed E-state index contributed by atoms with van der Waals surface area (Å²) in [6.07, 6.45) is 14.7. The SMILES string of the molecule is C=CC.CCCCCCCCCCC. The lowest BCUT2D eigenvalue weighted by Gasteiger charge is -1.98. The van der Waals surface area contributed by atoms with Crippen LogP contribution in [0.25, 0.3) is 0 Å². The molecule has 0 spiro atoms. The topological polar surface area (TPSA) is 0 Å². The van der Waals surface area contributed by atoms with E-state index in [0.717, 1.165) is 0 Å². The molecule has 0 bridgehead atoms. The Hall–Kier alpha value is -0.260. The zero-order valence-electron chi connectivity index (χ0n) is 10.6. The van der Waals surface area contributed by atoms with Gasteiger partial charge >= 0.3 is 0 Å². The number of hydrogen-bond donors (Lipinski definition) is 0. The van der Waals surface area contributed by atoms with Crippen molar-refractivity contribution in [3.63, 3.8) is 0 Å². The van der Waals surface area contributed by atoms with Crippen LogP contribution in [0.2, 0.25) is 0 Å². The van der Waals surface area contributed by atoms with Crippen LogP contribution in [0.5, 0.6) is 0 Å². The van der Waals surface area contributed by atoms with E-state index in [1.165, 1.54) is 57.8 Å². The zero-order chi connectivity index (χ0) is 11.1. The Balaban J connectivity index is 0. The summed E-state index contributed by atoms with van der Waals surface area (Å²) >= 11 is 0. The Labute approximate surface area is 91.8 Å². The molecule has 0 aromatic rings. The molecule has 0 N–H and O–H groups in total. The van der Waals surface area contributed by atoms with Crippen molar-refractivity contribution in [3.05, 3.63) is 12.7 Å². The maximum atomic E-state index is 3.36. The second-order valence-electron chi connectivity index (χ2n) is 3.88. The number of rotatable bonds is 8. The molecule has 86 valence electrons. The number of unbranched alkanes of at least 4 members (excludes halogenated alkanes) is 8. The lowest BCUT2D eigenvalue weighted by Crippen LogP contribution is -1.79. The molecule has 0 rings (SSSR count). The van der Waals surface area contributed by atoms with E-state index in [4.69, 9.17) is 0 Å². The first-order valence-electron chi connectivity index (χ1n) is 6.40. The molecule has 0 saturated carbocycles. The van der Waals surface area contributed by atoms with Crippen molar-refractivity contribution in [3.8, 4) is 0 Å². The third kappa shape index (κ3) is 22.6. The normalized spacial score (nSPS) is 9.07. The number of allylic oxidation sites excluding steroid dienone is 1. The highest BCUT2D eigenvalue weighted by Gasteiger charge is 1.88. The lowest BCUT2D eigenvalue weighted by atomic mass is 10.1. The summed E-state index contributed by atoms with van der Waals surface area (Å²) in [5, 5.41) is 0. The summed E-state index contributed by atoms with van der Waals surface area (Å²) in [6, 6.07) is 0. The van der Waals surface area contributed by atoms with Crippen molar-refractivity contribution in [1.82, 2.24) is 0 Å². The van der Waals surface area contributed by atoms with E-state index in [-0.39, 0.29) is 0 Å². The average Bonchev–Trinajstić information content (AvgIpc) is 2.18. The van der Waals surface area contributed by atoms with Crippen LogP contribution < -0.4 is 0 Å². The first-order valence-corrected chi connectivity index (χ1v) is 6.40. The van der Waals surface area contributed by atoms with Gasteiger partial charge in [0.05, 0.1) is 0 Å². The molecule has 0 unspecified atom stereocenters. The van der Waals surface area contributed by atoms with Crippen molar-refractivity contribution in [2.24, 2.45) is 0 Å². The Bertz CT molecular complexity index is 76.0. The third-order valence-electron chi connectivity index (χ3n) is 2.21. The molecule has 0 atom stereocenters. The van der Waals surface area contributed by atoms with Crippen molar-refractivity contribution >= 4 is 0 Å². The van der Waals surface area contributed by atoms with Crippen LogP contribution in [0, 0.1) is 0 Å². The van der Waals surface area contributed by atoms with E-state index in [0.29, 0.717) is 0 Å². The molecule has 0 fully saturated rings. The lowest BCUT2D eigenvalue weighted by molar-refractivity contribution is 0.572. The van der Waals surface area contributed by atoms with Crippen LogP contribution >= 0.6 is 0 Å². The molecule has 0 aliphatic heterocycles. The van der Waals surface area contributed by atoms with Gasteiger partial charge in [0.2, 0.25) is 0 Å². The minimum atomic E-state index is 1.37. The summed E-state index contributed by atoms with van der Waals surface area (Å²) in [4.78, 5) is 0. The van der Waals surface area contributed by atoms with Gasteiger partial charge in [-0.15, -0.1) is 6.58 Å². The summed E-state index contributed by atoms with van der Waals surface area (Å²) in [7, 11) is 0. The molecule has 0 saturated heterocycles. The molecule has 0 heterocycles. The van der Waals surface area contributed by atoms with Gasteiger partial charge in [-0.05, 0) is 6.92 Å². The molecule has 0 aliphatic carbocycles. The quantitative estimate of drug-likeness (QED) is 0.345. The van der Waals surface area contributed by atoms with Gasteiger partial charge in [0, 0.05) is 0 Å². The first-order chi connectivity index (χ1) is 6.83. The molecule has 0 heteroatoms. The van der Waals surface area contributed by atoms with Crippen LogP contribution in [-0.2, 0) is 0 Å². The van der Waals surface area contributed by atoms with Crippen LogP contribution in [0.3, 0.4) is 0 Å². The molecule has 14 heavy (non-hydrogen) atoms. The Morgan fingerprint density at radius 2 is 0.929 bits per heavy atom. The van der Waals surface area contributed by atoms with Crippen molar-refractivity contribution in [2.75, 3.05) is 0 Å². The fourth-order valence-corrected chi connectivity index (χ4v) is 1.38. The van der Waals surface area contributed by atoms with Gasteiger partial charge in [0.25, 0.3) is 0 Å². The van der Waals surface area contributed by atoms with E-state index >= 15 is 0 Å². The maximum Gasteiger partial charge on any atom is -0.0473 e. The minimum Gasteiger partial charge on any atom is -0.103 e. The van der Waals surface area contributed by atoms with Gasteiger partial charge in [-0.25, -0.2) is 0 Å². The summed E-state index contributed by atoms with van der Waals surface area (Å²) in [5.74, 6) is 0. The summed E-state index contributed by atoms with van der Waals surface area (Å²) in [5.41, 5.74) is 0. The fraction of sp³-hybridized carbons (Fsp3) is 0.857. The first kappa shape index (κ1) is 16.2. The third-order valence-corrected chi connectivity index (χ3v) is 2.21. The second kappa shape index (κ2) is 18.5. The van der Waals surface area contributed by atoms with Crippen molar-refractivity contribution < 1.29 is 0 Å². The summed E-state index contributed by atoms with van der Waals surface area (Å²) < 4.78 is 0. The van der Waals surface area contributed by atoms with Gasteiger partial charge in [-0.3, -0.25) is 0 Å². The highest BCUT2D eigenvalue weighted by Crippen LogP contribution is 2.08. The smallest absolute Gasteiger partial charge is 0.0473 e. The highest BCUT2D eigenvalue weighted by molar-refractivity contribution is 4.51. The fourth-order valence-electron chi connectivity index (χ4n) is 1.38. The second-order valence-corrected chi connectivity index (χ2v) is 3.88. The minimum absolute atomic E-state index is 1.37. The van der Waals surface area contributed by atoms with Gasteiger partial charge in [-0.1, -0.05) is 77.7 Å². The summed E-state index contributed by atoms with van der Waals surface area (Å²) in [6.45, 7) is 9.80. The van der Waals surface area contributed by atoms with E-state index in [1.54, 1.807) is 6.08 Å². The van der Waals surface area contributed by atoms with Gasteiger partial charge in [0.15, 0.2) is 0 Å². The predicted molar refractivity (Wildman–Crippen MR) is 68.8 cm³/mol. The Kier molecular flexibility index (Phi) is 21.4. The molecule has 0 aromatic carbocycles. The molecule has 0 amide bonds. The predicted octanol–water partition coefficient (Wildman–Crippen LogP) is 5.73. The molecule has 0 radical (unpaired) electrons. The van der Waals surface area contributed by atoms with E-state index < -0.39 is 0 Å². The van der Waals surface area contributed by atoms with Gasteiger partial charge < -0.3 is 0 Å². The van der Waals surface area contributed by atoms with Crippen molar-refractivity contribution in [2.45, 2.75) is 78.6 Å². The van der Waals surface area contributed by atoms with E-state index in [2.05, 4.69) is 20.4 Å². The van der Waals surface area contributed by atoms with Crippen LogP contribution in [0.1, 0.15) is 78.6 Å². The van der Waals surface area contributed by atoms with Gasteiger partial charge in [0.1, 0.15) is 0 Å². The van der Waals surface area contributed by atoms with Gasteiger partial charge in [-0.2, -0.15) is 0 Å². The molecule has 0 nitrogen and oxygen atoms in total. The van der Waals surface area contributed by atoms with Crippen LogP contribution in [0.15, 0.2) is 12.7 Å². The van der Waals surface area contributed by atoms with Crippen LogP contribution in [-0.4, -0.2) is 0 Å². The van der Waals surface area contributed by atoms with Crippen molar-refractivity contribution in [1.29, 1.82) is 0 Å². The van der Waals surface area contributed by atoms with E-state index in [1.807, 2.05) is 6.92 Å². The molecule has 0 aliphatic rings. The largest absolute Gasteiger partial charge is 0.103 e. The Morgan fingerprint density at radius 1 is 0.714 bits per heavy atom. The zero-order valence-corrected chi connectivity index (χ0v) is 10.6. The molecular formula is C14H30. The standard InChI is InChI=1S/C11H24.C3H6/c1-3-5-7-9-11-10-8-6-4-2;1-3-2/h3-11H2,1-2H3;3H,1H2,2H3. The van der Waals surface area contributed by atoms with Crippen LogP contribution in [0.4, 0.5) is 0 Å². The highest BCUT2D eigenvalue weighted by atomic mass is 13.9. The number of hydrogen-bond acceptors (Lipinski definition) is 0. The monoisotopic (exact) mass is 198 g/mol. The average molecular weight is 198 g/mol. The van der Waals surface area contributed by atoms with E-state index in [9.17, 15) is 0 Å².